The van der Waals surface area contributed by atoms with Gasteiger partial charge >= 0.3 is 0 Å². The summed E-state index contributed by atoms with van der Waals surface area (Å²) in [5.41, 5.74) is 0.659. The highest BCUT2D eigenvalue weighted by atomic mass is 19.1. The standard InChI is InChI=1S/C16H12FN5O3/c1-10-2-4-12(7-13(10)17)20-16(23)11-3-5-14(15(6-11)22(24)25)21-9-18-8-19-21/h2-9H,1H3,(H,20,23). The normalized spacial score (nSPS) is 10.5. The van der Waals surface area contributed by atoms with Gasteiger partial charge in [-0.25, -0.2) is 14.1 Å². The number of aromatic nitrogens is 3. The van der Waals surface area contributed by atoms with Gasteiger partial charge < -0.3 is 5.32 Å². The van der Waals surface area contributed by atoms with E-state index in [0.717, 1.165) is 6.07 Å². The molecule has 0 atom stereocenters. The van der Waals surface area contributed by atoms with Crippen molar-refractivity contribution in [2.75, 3.05) is 5.32 Å². The monoisotopic (exact) mass is 341 g/mol. The average molecular weight is 341 g/mol. The van der Waals surface area contributed by atoms with Crippen molar-refractivity contribution in [3.63, 3.8) is 0 Å². The molecule has 2 aromatic carbocycles. The summed E-state index contributed by atoms with van der Waals surface area (Å²) >= 11 is 0. The fraction of sp³-hybridized carbons (Fsp3) is 0.0625. The lowest BCUT2D eigenvalue weighted by atomic mass is 10.1. The maximum Gasteiger partial charge on any atom is 0.295 e. The van der Waals surface area contributed by atoms with Crippen LogP contribution in [0.15, 0.2) is 49.1 Å². The molecule has 0 saturated heterocycles. The van der Waals surface area contributed by atoms with Gasteiger partial charge in [-0.2, -0.15) is 5.10 Å². The van der Waals surface area contributed by atoms with E-state index in [1.54, 1.807) is 13.0 Å². The van der Waals surface area contributed by atoms with Gasteiger partial charge in [-0.15, -0.1) is 0 Å². The van der Waals surface area contributed by atoms with Crippen LogP contribution < -0.4 is 5.32 Å². The molecule has 1 N–H and O–H groups in total. The first-order chi connectivity index (χ1) is 12.0. The number of carbonyl (C=O) groups is 1. The first kappa shape index (κ1) is 16.2. The summed E-state index contributed by atoms with van der Waals surface area (Å²) in [6.07, 6.45) is 2.56. The summed E-state index contributed by atoms with van der Waals surface area (Å²) < 4.78 is 14.8. The lowest BCUT2D eigenvalue weighted by Crippen LogP contribution is -2.13. The molecule has 8 nitrogen and oxygen atoms in total. The quantitative estimate of drug-likeness (QED) is 0.580. The van der Waals surface area contributed by atoms with Gasteiger partial charge in [0.05, 0.1) is 4.92 Å². The Morgan fingerprint density at radius 3 is 2.72 bits per heavy atom. The number of aryl methyl sites for hydroxylation is 1. The van der Waals surface area contributed by atoms with Crippen molar-refractivity contribution >= 4 is 17.3 Å². The third kappa shape index (κ3) is 3.34. The molecule has 0 radical (unpaired) electrons. The number of nitro groups is 1. The Balaban J connectivity index is 1.91. The molecule has 0 spiro atoms. The van der Waals surface area contributed by atoms with E-state index in [1.807, 2.05) is 0 Å². The number of carbonyl (C=O) groups excluding carboxylic acids is 1. The molecule has 0 aliphatic carbocycles. The van der Waals surface area contributed by atoms with Crippen molar-refractivity contribution in [2.24, 2.45) is 0 Å². The van der Waals surface area contributed by atoms with E-state index in [0.29, 0.717) is 5.56 Å². The van der Waals surface area contributed by atoms with Crippen molar-refractivity contribution in [3.05, 3.63) is 76.1 Å². The third-order valence-corrected chi connectivity index (χ3v) is 3.53. The molecule has 25 heavy (non-hydrogen) atoms. The molecule has 3 aromatic rings. The highest BCUT2D eigenvalue weighted by Gasteiger charge is 2.19. The first-order valence-electron chi connectivity index (χ1n) is 7.16. The topological polar surface area (TPSA) is 103 Å². The molecule has 0 bridgehead atoms. The van der Waals surface area contributed by atoms with Gasteiger partial charge in [0, 0.05) is 17.3 Å². The molecular formula is C16H12FN5O3. The number of rotatable bonds is 4. The molecule has 0 saturated carbocycles. The van der Waals surface area contributed by atoms with Crippen LogP contribution in [0, 0.1) is 22.9 Å². The molecule has 1 heterocycles. The summed E-state index contributed by atoms with van der Waals surface area (Å²) in [6.45, 7) is 1.60. The van der Waals surface area contributed by atoms with Crippen molar-refractivity contribution in [3.8, 4) is 5.69 Å². The summed E-state index contributed by atoms with van der Waals surface area (Å²) in [4.78, 5) is 26.7. The molecule has 126 valence electrons. The van der Waals surface area contributed by atoms with Crippen LogP contribution in [0.5, 0.6) is 0 Å². The van der Waals surface area contributed by atoms with Gasteiger partial charge in [-0.1, -0.05) is 6.07 Å². The van der Waals surface area contributed by atoms with E-state index in [9.17, 15) is 19.3 Å². The maximum atomic E-state index is 13.6. The first-order valence-corrected chi connectivity index (χ1v) is 7.16. The maximum absolute atomic E-state index is 13.6. The van der Waals surface area contributed by atoms with Gasteiger partial charge in [0.2, 0.25) is 0 Å². The molecule has 0 aliphatic heterocycles. The fourth-order valence-electron chi connectivity index (χ4n) is 2.21. The Hall–Kier alpha value is -3.62. The molecule has 1 aromatic heterocycles. The molecule has 1 amide bonds. The predicted molar refractivity (Wildman–Crippen MR) is 87.1 cm³/mol. The van der Waals surface area contributed by atoms with E-state index < -0.39 is 16.6 Å². The van der Waals surface area contributed by atoms with Crippen LogP contribution in [-0.2, 0) is 0 Å². The van der Waals surface area contributed by atoms with E-state index in [-0.39, 0.29) is 22.6 Å². The molecule has 0 unspecified atom stereocenters. The lowest BCUT2D eigenvalue weighted by Gasteiger charge is -2.08. The second-order valence-electron chi connectivity index (χ2n) is 5.22. The Bertz CT molecular complexity index is 956. The highest BCUT2D eigenvalue weighted by molar-refractivity contribution is 6.04. The summed E-state index contributed by atoms with van der Waals surface area (Å²) in [5, 5.41) is 17.7. The lowest BCUT2D eigenvalue weighted by molar-refractivity contribution is -0.384. The van der Waals surface area contributed by atoms with E-state index in [2.05, 4.69) is 15.4 Å². The van der Waals surface area contributed by atoms with Gasteiger partial charge in [-0.3, -0.25) is 14.9 Å². The molecule has 3 rings (SSSR count). The van der Waals surface area contributed by atoms with Crippen molar-refractivity contribution in [1.82, 2.24) is 14.8 Å². The van der Waals surface area contributed by atoms with Crippen LogP contribution in [0.1, 0.15) is 15.9 Å². The average Bonchev–Trinajstić information content (AvgIpc) is 3.12. The third-order valence-electron chi connectivity index (χ3n) is 3.53. The number of nitrogens with zero attached hydrogens (tertiary/aromatic N) is 4. The summed E-state index contributed by atoms with van der Waals surface area (Å²) in [7, 11) is 0. The SMILES string of the molecule is Cc1ccc(NC(=O)c2ccc(-n3cncn3)c([N+](=O)[O-])c2)cc1F. The van der Waals surface area contributed by atoms with Gasteiger partial charge in [0.1, 0.15) is 24.2 Å². The van der Waals surface area contributed by atoms with Crippen LogP contribution >= 0.6 is 0 Å². The Morgan fingerprint density at radius 1 is 1.28 bits per heavy atom. The van der Waals surface area contributed by atoms with Crippen LogP contribution in [-0.4, -0.2) is 25.6 Å². The van der Waals surface area contributed by atoms with E-state index >= 15 is 0 Å². The zero-order valence-corrected chi connectivity index (χ0v) is 13.0. The number of hydrogen-bond donors (Lipinski definition) is 1. The second-order valence-corrected chi connectivity index (χ2v) is 5.22. The number of nitro benzene ring substituents is 1. The molecular weight excluding hydrogens is 329 g/mol. The van der Waals surface area contributed by atoms with Gasteiger partial charge in [0.15, 0.2) is 0 Å². The molecule has 9 heteroatoms. The molecule has 0 fully saturated rings. The van der Waals surface area contributed by atoms with Crippen molar-refractivity contribution < 1.29 is 14.1 Å². The number of nitrogens with one attached hydrogen (secondary N) is 1. The fourth-order valence-corrected chi connectivity index (χ4v) is 2.21. The minimum Gasteiger partial charge on any atom is -0.322 e. The van der Waals surface area contributed by atoms with Crippen molar-refractivity contribution in [2.45, 2.75) is 6.92 Å². The zero-order valence-electron chi connectivity index (χ0n) is 13.0. The smallest absolute Gasteiger partial charge is 0.295 e. The predicted octanol–water partition coefficient (Wildman–Crippen LogP) is 2.88. The molecule has 0 aliphatic rings. The van der Waals surface area contributed by atoms with Crippen LogP contribution in [0.3, 0.4) is 0 Å². The number of amides is 1. The largest absolute Gasteiger partial charge is 0.322 e. The van der Waals surface area contributed by atoms with Crippen LogP contribution in [0.25, 0.3) is 5.69 Å². The van der Waals surface area contributed by atoms with Crippen LogP contribution in [0.4, 0.5) is 15.8 Å². The summed E-state index contributed by atoms with van der Waals surface area (Å²) in [6, 6.07) is 8.22. The van der Waals surface area contributed by atoms with Gasteiger partial charge in [-0.05, 0) is 36.8 Å². The van der Waals surface area contributed by atoms with Crippen LogP contribution in [0.2, 0.25) is 0 Å². The Morgan fingerprint density at radius 2 is 2.08 bits per heavy atom. The summed E-state index contributed by atoms with van der Waals surface area (Å²) in [5.74, 6) is -1.04. The number of benzene rings is 2. The highest BCUT2D eigenvalue weighted by Crippen LogP contribution is 2.24. The van der Waals surface area contributed by atoms with Gasteiger partial charge in [0.25, 0.3) is 11.6 Å². The Kier molecular flexibility index (Phi) is 4.21. The number of halogens is 1. The van der Waals surface area contributed by atoms with E-state index in [1.165, 1.54) is 41.6 Å². The minimum absolute atomic E-state index is 0.0662. The van der Waals surface area contributed by atoms with Crippen molar-refractivity contribution in [1.29, 1.82) is 0 Å². The minimum atomic E-state index is -0.612. The zero-order chi connectivity index (χ0) is 18.0. The Labute approximate surface area is 141 Å². The number of anilines is 1. The van der Waals surface area contributed by atoms with E-state index in [4.69, 9.17) is 0 Å². The number of hydrogen-bond acceptors (Lipinski definition) is 5. The second kappa shape index (κ2) is 6.48.